The van der Waals surface area contributed by atoms with Crippen LogP contribution in [0.2, 0.25) is 0 Å². The van der Waals surface area contributed by atoms with Crippen LogP contribution < -0.4 is 5.32 Å². The van der Waals surface area contributed by atoms with Crippen LogP contribution in [0.15, 0.2) is 6.20 Å². The molecular formula is C16H25N5. The lowest BCUT2D eigenvalue weighted by Crippen LogP contribution is -2.61. The fourth-order valence-electron chi connectivity index (χ4n) is 3.33. The Hall–Kier alpha value is -1.67. The smallest absolute Gasteiger partial charge is 0.147 e. The second-order valence-corrected chi connectivity index (χ2v) is 7.22. The Balaban J connectivity index is 2.25. The van der Waals surface area contributed by atoms with Gasteiger partial charge < -0.3 is 5.32 Å². The van der Waals surface area contributed by atoms with Gasteiger partial charge in [-0.3, -0.25) is 4.90 Å². The van der Waals surface area contributed by atoms with Crippen molar-refractivity contribution in [3.05, 3.63) is 17.6 Å². The number of nitriles is 1. The molecule has 1 aliphatic rings. The molecule has 1 aromatic heterocycles. The Morgan fingerprint density at radius 1 is 1.29 bits per heavy atom. The maximum Gasteiger partial charge on any atom is 0.147 e. The monoisotopic (exact) mass is 287 g/mol. The minimum Gasteiger partial charge on any atom is -0.366 e. The second kappa shape index (κ2) is 5.27. The van der Waals surface area contributed by atoms with Crippen LogP contribution in [0.5, 0.6) is 0 Å². The number of nitrogens with one attached hydrogen (secondary N) is 1. The molecule has 0 unspecified atom stereocenters. The molecule has 0 saturated carbocycles. The molecule has 114 valence electrons. The lowest BCUT2D eigenvalue weighted by Gasteiger charge is -2.53. The summed E-state index contributed by atoms with van der Waals surface area (Å²) < 4.78 is 0. The molecule has 0 radical (unpaired) electrons. The van der Waals surface area contributed by atoms with Crippen LogP contribution in [0, 0.1) is 18.3 Å². The predicted molar refractivity (Wildman–Crippen MR) is 84.0 cm³/mol. The van der Waals surface area contributed by atoms with Gasteiger partial charge in [0.05, 0.1) is 6.20 Å². The topological polar surface area (TPSA) is 64.8 Å². The van der Waals surface area contributed by atoms with E-state index in [1.807, 2.05) is 6.92 Å². The van der Waals surface area contributed by atoms with Gasteiger partial charge in [-0.25, -0.2) is 9.97 Å². The van der Waals surface area contributed by atoms with Crippen molar-refractivity contribution in [1.29, 1.82) is 5.26 Å². The maximum absolute atomic E-state index is 9.21. The Labute approximate surface area is 127 Å². The molecule has 2 rings (SSSR count). The van der Waals surface area contributed by atoms with Gasteiger partial charge in [0.15, 0.2) is 0 Å². The van der Waals surface area contributed by atoms with Crippen LogP contribution in [0.25, 0.3) is 0 Å². The first-order valence-corrected chi connectivity index (χ1v) is 7.40. The summed E-state index contributed by atoms with van der Waals surface area (Å²) in [4.78, 5) is 10.9. The number of rotatable bonds is 2. The molecule has 1 saturated heterocycles. The molecule has 5 nitrogen and oxygen atoms in total. The molecule has 0 amide bonds. The third-order valence-electron chi connectivity index (χ3n) is 4.68. The molecule has 5 heteroatoms. The van der Waals surface area contributed by atoms with E-state index in [0.717, 1.165) is 12.8 Å². The Kier molecular flexibility index (Phi) is 3.94. The quantitative estimate of drug-likeness (QED) is 0.906. The minimum absolute atomic E-state index is 0.105. The maximum atomic E-state index is 9.21. The number of aromatic nitrogens is 2. The summed E-state index contributed by atoms with van der Waals surface area (Å²) in [5.74, 6) is 1.34. The predicted octanol–water partition coefficient (Wildman–Crippen LogP) is 2.72. The average molecular weight is 287 g/mol. The summed E-state index contributed by atoms with van der Waals surface area (Å²) in [6, 6.07) is 2.46. The molecule has 1 aromatic rings. The van der Waals surface area contributed by atoms with E-state index in [-0.39, 0.29) is 11.1 Å². The highest BCUT2D eigenvalue weighted by molar-refractivity contribution is 5.51. The molecule has 1 fully saturated rings. The number of nitrogens with zero attached hydrogens (tertiary/aromatic N) is 4. The number of hydrogen-bond acceptors (Lipinski definition) is 5. The van der Waals surface area contributed by atoms with Crippen LogP contribution in [0.4, 0.5) is 5.82 Å². The van der Waals surface area contributed by atoms with Crippen molar-refractivity contribution in [3.8, 4) is 6.07 Å². The van der Waals surface area contributed by atoms with Crippen LogP contribution >= 0.6 is 0 Å². The van der Waals surface area contributed by atoms with E-state index in [2.05, 4.69) is 61.0 Å². The Morgan fingerprint density at radius 2 is 1.86 bits per heavy atom. The van der Waals surface area contributed by atoms with E-state index in [0.29, 0.717) is 23.2 Å². The van der Waals surface area contributed by atoms with Crippen molar-refractivity contribution < 1.29 is 0 Å². The van der Waals surface area contributed by atoms with Crippen LogP contribution in [0.1, 0.15) is 51.9 Å². The van der Waals surface area contributed by atoms with Crippen LogP contribution in [-0.4, -0.2) is 39.0 Å². The summed E-state index contributed by atoms with van der Waals surface area (Å²) >= 11 is 0. The molecule has 2 heterocycles. The molecule has 1 N–H and O–H groups in total. The first-order valence-electron chi connectivity index (χ1n) is 7.40. The molecule has 0 bridgehead atoms. The molecule has 0 spiro atoms. The van der Waals surface area contributed by atoms with Gasteiger partial charge in [0.25, 0.3) is 0 Å². The number of piperidine rings is 1. The molecule has 21 heavy (non-hydrogen) atoms. The zero-order chi connectivity index (χ0) is 15.8. The Bertz CT molecular complexity index is 553. The largest absolute Gasteiger partial charge is 0.366 e. The minimum atomic E-state index is 0.105. The molecule has 1 aliphatic heterocycles. The number of aryl methyl sites for hydroxylation is 1. The summed E-state index contributed by atoms with van der Waals surface area (Å²) in [6.45, 7) is 10.9. The van der Waals surface area contributed by atoms with E-state index < -0.39 is 0 Å². The van der Waals surface area contributed by atoms with E-state index in [1.54, 1.807) is 6.20 Å². The van der Waals surface area contributed by atoms with Crippen LogP contribution in [0.3, 0.4) is 0 Å². The molecule has 0 aromatic carbocycles. The molecule has 0 atom stereocenters. The van der Waals surface area contributed by atoms with Crippen molar-refractivity contribution in [2.75, 3.05) is 12.4 Å². The number of likely N-dealkylation sites (tertiary alicyclic amines) is 1. The fraction of sp³-hybridized carbons (Fsp3) is 0.688. The summed E-state index contributed by atoms with van der Waals surface area (Å²) in [5, 5.41) is 12.7. The van der Waals surface area contributed by atoms with Gasteiger partial charge in [-0.05, 0) is 54.5 Å². The highest BCUT2D eigenvalue weighted by atomic mass is 15.2. The van der Waals surface area contributed by atoms with E-state index in [9.17, 15) is 5.26 Å². The van der Waals surface area contributed by atoms with Gasteiger partial charge in [-0.15, -0.1) is 0 Å². The van der Waals surface area contributed by atoms with Gasteiger partial charge in [0, 0.05) is 17.1 Å². The van der Waals surface area contributed by atoms with Gasteiger partial charge >= 0.3 is 0 Å². The molecule has 0 aliphatic carbocycles. The van der Waals surface area contributed by atoms with Crippen molar-refractivity contribution in [3.63, 3.8) is 0 Å². The summed E-state index contributed by atoms with van der Waals surface area (Å²) in [5.41, 5.74) is 0.720. The normalized spacial score (nSPS) is 21.8. The first-order chi connectivity index (χ1) is 9.65. The van der Waals surface area contributed by atoms with E-state index >= 15 is 0 Å². The summed E-state index contributed by atoms with van der Waals surface area (Å²) in [6.07, 6.45) is 3.62. The lowest BCUT2D eigenvalue weighted by molar-refractivity contribution is -0.00773. The number of hydrogen-bond donors (Lipinski definition) is 1. The summed E-state index contributed by atoms with van der Waals surface area (Å²) in [7, 11) is 2.19. The highest BCUT2D eigenvalue weighted by Gasteiger charge is 2.43. The van der Waals surface area contributed by atoms with Gasteiger partial charge in [-0.2, -0.15) is 5.26 Å². The lowest BCUT2D eigenvalue weighted by atomic mass is 9.77. The van der Waals surface area contributed by atoms with E-state index in [1.165, 1.54) is 0 Å². The van der Waals surface area contributed by atoms with Crippen molar-refractivity contribution in [2.45, 2.75) is 64.6 Å². The Morgan fingerprint density at radius 3 is 2.38 bits per heavy atom. The van der Waals surface area contributed by atoms with E-state index in [4.69, 9.17) is 0 Å². The second-order valence-electron chi connectivity index (χ2n) is 7.22. The van der Waals surface area contributed by atoms with Crippen molar-refractivity contribution in [2.24, 2.45) is 0 Å². The number of anilines is 1. The fourth-order valence-corrected chi connectivity index (χ4v) is 3.33. The van der Waals surface area contributed by atoms with Crippen LogP contribution in [-0.2, 0) is 0 Å². The van der Waals surface area contributed by atoms with Crippen molar-refractivity contribution in [1.82, 2.24) is 14.9 Å². The SMILES string of the molecule is Cc1ncc(C#N)c(NC2CC(C)(C)N(C)C(C)(C)C2)n1. The van der Waals surface area contributed by atoms with Crippen molar-refractivity contribution >= 4 is 5.82 Å². The molecular weight excluding hydrogens is 262 g/mol. The van der Waals surface area contributed by atoms with Gasteiger partial charge in [0.1, 0.15) is 23.3 Å². The van der Waals surface area contributed by atoms with Gasteiger partial charge in [-0.1, -0.05) is 0 Å². The zero-order valence-electron chi connectivity index (χ0n) is 13.9. The standard InChI is InChI=1S/C16H25N5/c1-11-18-10-12(9-17)14(19-11)20-13-7-15(2,3)21(6)16(4,5)8-13/h10,13H,7-8H2,1-6H3,(H,18,19,20). The highest BCUT2D eigenvalue weighted by Crippen LogP contribution is 2.37. The average Bonchev–Trinajstić information content (AvgIpc) is 2.35. The van der Waals surface area contributed by atoms with Gasteiger partial charge in [0.2, 0.25) is 0 Å². The third-order valence-corrected chi connectivity index (χ3v) is 4.68. The zero-order valence-corrected chi connectivity index (χ0v) is 13.9. The first kappa shape index (κ1) is 15.7. The third kappa shape index (κ3) is 3.16.